The molecule has 2 amide bonds. The molecule has 1 heterocycles. The lowest BCUT2D eigenvalue weighted by Gasteiger charge is -2.26. The molecule has 1 saturated heterocycles. The van der Waals surface area contributed by atoms with E-state index in [4.69, 9.17) is 9.47 Å². The SMILES string of the molecule is COc1cc(C(Br)C2(Br)SC(=O)N(C)C2=O)c(Br)cc1OCc1ccccc1. The number of ether oxygens (including phenoxy) is 2. The zero-order valence-corrected chi connectivity index (χ0v) is 20.5. The number of hydrogen-bond donors (Lipinski definition) is 0. The van der Waals surface area contributed by atoms with Gasteiger partial charge in [-0.2, -0.15) is 0 Å². The van der Waals surface area contributed by atoms with Gasteiger partial charge in [0, 0.05) is 11.5 Å². The third kappa shape index (κ3) is 4.13. The van der Waals surface area contributed by atoms with Gasteiger partial charge in [0.1, 0.15) is 6.61 Å². The maximum atomic E-state index is 12.6. The van der Waals surface area contributed by atoms with Crippen LogP contribution in [0, 0.1) is 0 Å². The van der Waals surface area contributed by atoms with Crippen molar-refractivity contribution in [3.05, 3.63) is 58.1 Å². The average Bonchev–Trinajstić information content (AvgIpc) is 2.90. The van der Waals surface area contributed by atoms with E-state index in [0.29, 0.717) is 18.1 Å². The third-order valence-electron chi connectivity index (χ3n) is 4.23. The second-order valence-electron chi connectivity index (χ2n) is 6.04. The van der Waals surface area contributed by atoms with E-state index in [1.807, 2.05) is 30.3 Å². The van der Waals surface area contributed by atoms with Crippen LogP contribution in [0.1, 0.15) is 16.0 Å². The highest BCUT2D eigenvalue weighted by atomic mass is 79.9. The Balaban J connectivity index is 1.89. The Bertz CT molecular complexity index is 912. The molecule has 0 aliphatic carbocycles. The molecule has 3 rings (SSSR count). The first-order valence-electron chi connectivity index (χ1n) is 8.16. The molecule has 0 aromatic heterocycles. The molecule has 0 saturated carbocycles. The van der Waals surface area contributed by atoms with Crippen molar-refractivity contribution >= 4 is 70.7 Å². The van der Waals surface area contributed by atoms with Crippen LogP contribution in [0.4, 0.5) is 4.79 Å². The minimum absolute atomic E-state index is 0.308. The summed E-state index contributed by atoms with van der Waals surface area (Å²) in [7, 11) is 3.03. The lowest BCUT2D eigenvalue weighted by atomic mass is 10.1. The molecule has 1 fully saturated rings. The van der Waals surface area contributed by atoms with E-state index in [2.05, 4.69) is 47.8 Å². The summed E-state index contributed by atoms with van der Waals surface area (Å²) >= 11 is 11.5. The van der Waals surface area contributed by atoms with Crippen LogP contribution in [0.15, 0.2) is 46.9 Å². The first kappa shape index (κ1) is 21.7. The molecule has 2 aromatic carbocycles. The van der Waals surface area contributed by atoms with Crippen molar-refractivity contribution in [2.24, 2.45) is 0 Å². The molecule has 0 radical (unpaired) electrons. The van der Waals surface area contributed by atoms with Crippen molar-refractivity contribution in [1.82, 2.24) is 4.90 Å². The van der Waals surface area contributed by atoms with Crippen LogP contribution in [0.5, 0.6) is 11.5 Å². The van der Waals surface area contributed by atoms with Crippen LogP contribution < -0.4 is 9.47 Å². The van der Waals surface area contributed by atoms with E-state index in [1.54, 1.807) is 19.2 Å². The molecule has 2 atom stereocenters. The topological polar surface area (TPSA) is 55.8 Å². The van der Waals surface area contributed by atoms with Gasteiger partial charge >= 0.3 is 0 Å². The molecule has 0 N–H and O–H groups in total. The summed E-state index contributed by atoms with van der Waals surface area (Å²) in [5, 5.41) is -0.308. The summed E-state index contributed by atoms with van der Waals surface area (Å²) in [6, 6.07) is 13.4. The summed E-state index contributed by atoms with van der Waals surface area (Å²) in [5.74, 6) is 0.786. The van der Waals surface area contributed by atoms with E-state index in [0.717, 1.165) is 32.3 Å². The molecular formula is C19H16Br3NO4S. The number of thioether (sulfide) groups is 1. The lowest BCUT2D eigenvalue weighted by Crippen LogP contribution is -2.35. The van der Waals surface area contributed by atoms with Gasteiger partial charge in [0.2, 0.25) is 0 Å². The first-order chi connectivity index (χ1) is 13.3. The summed E-state index contributed by atoms with van der Waals surface area (Å²) in [5.41, 5.74) is 1.79. The molecule has 1 aliphatic rings. The average molecular weight is 594 g/mol. The van der Waals surface area contributed by atoms with Crippen molar-refractivity contribution in [3.8, 4) is 11.5 Å². The van der Waals surface area contributed by atoms with E-state index >= 15 is 0 Å². The number of imide groups is 1. The Hall–Kier alpha value is -1.03. The Morgan fingerprint density at radius 3 is 2.43 bits per heavy atom. The molecule has 5 nitrogen and oxygen atoms in total. The highest BCUT2D eigenvalue weighted by Crippen LogP contribution is 2.55. The van der Waals surface area contributed by atoms with Gasteiger partial charge in [-0.3, -0.25) is 14.5 Å². The number of alkyl halides is 2. The number of carbonyl (C=O) groups excluding carboxylic acids is 2. The highest BCUT2D eigenvalue weighted by molar-refractivity contribution is 9.14. The summed E-state index contributed by atoms with van der Waals surface area (Å²) in [4.78, 5) is 25.2. The molecule has 1 aliphatic heterocycles. The number of halogens is 3. The Morgan fingerprint density at radius 1 is 1.18 bits per heavy atom. The number of methoxy groups -OCH3 is 1. The molecule has 9 heteroatoms. The van der Waals surface area contributed by atoms with Crippen LogP contribution in [0.3, 0.4) is 0 Å². The second kappa shape index (κ2) is 8.77. The van der Waals surface area contributed by atoms with Gasteiger partial charge in [-0.05, 0) is 35.0 Å². The zero-order chi connectivity index (χ0) is 20.5. The highest BCUT2D eigenvalue weighted by Gasteiger charge is 2.55. The molecule has 0 bridgehead atoms. The molecule has 148 valence electrons. The number of amides is 2. The molecule has 2 unspecified atom stereocenters. The number of benzene rings is 2. The number of nitrogens with zero attached hydrogens (tertiary/aromatic N) is 1. The summed E-state index contributed by atoms with van der Waals surface area (Å²) < 4.78 is 11.0. The number of hydrogen-bond acceptors (Lipinski definition) is 5. The normalized spacial score (nSPS) is 20.4. The van der Waals surface area contributed by atoms with Gasteiger partial charge in [0.15, 0.2) is 15.2 Å². The zero-order valence-electron chi connectivity index (χ0n) is 14.9. The molecule has 0 spiro atoms. The van der Waals surface area contributed by atoms with Gasteiger partial charge in [-0.25, -0.2) is 0 Å². The van der Waals surface area contributed by atoms with Crippen LogP contribution in [-0.4, -0.2) is 33.9 Å². The van der Waals surface area contributed by atoms with Crippen molar-refractivity contribution in [2.75, 3.05) is 14.2 Å². The van der Waals surface area contributed by atoms with Crippen molar-refractivity contribution < 1.29 is 19.1 Å². The molecule has 28 heavy (non-hydrogen) atoms. The maximum absolute atomic E-state index is 12.6. The van der Waals surface area contributed by atoms with Crippen LogP contribution in [0.25, 0.3) is 0 Å². The standard InChI is InChI=1S/C19H16Br3NO4S/c1-23-17(24)19(22,28-18(23)25)16(21)12-8-14(26-2)15(9-13(12)20)27-10-11-6-4-3-5-7-11/h3-9,16H,10H2,1-2H3. The quantitative estimate of drug-likeness (QED) is 0.391. The fourth-order valence-electron chi connectivity index (χ4n) is 2.66. The second-order valence-corrected chi connectivity index (χ2v) is 10.8. The molecule has 2 aromatic rings. The van der Waals surface area contributed by atoms with E-state index in [1.165, 1.54) is 7.05 Å². The van der Waals surface area contributed by atoms with Gasteiger partial charge in [-0.15, -0.1) is 0 Å². The van der Waals surface area contributed by atoms with Crippen molar-refractivity contribution in [3.63, 3.8) is 0 Å². The van der Waals surface area contributed by atoms with E-state index < -0.39 is 8.48 Å². The number of rotatable bonds is 6. The van der Waals surface area contributed by atoms with Gasteiger partial charge in [0.05, 0.1) is 11.9 Å². The van der Waals surface area contributed by atoms with Gasteiger partial charge in [-0.1, -0.05) is 78.1 Å². The smallest absolute Gasteiger partial charge is 0.290 e. The molecular weight excluding hydrogens is 578 g/mol. The van der Waals surface area contributed by atoms with E-state index in [-0.39, 0.29) is 11.1 Å². The maximum Gasteiger partial charge on any atom is 0.290 e. The fourth-order valence-corrected chi connectivity index (χ4v) is 6.23. The van der Waals surface area contributed by atoms with Crippen molar-refractivity contribution in [1.29, 1.82) is 0 Å². The minimum atomic E-state index is -1.14. The van der Waals surface area contributed by atoms with Crippen LogP contribution in [0.2, 0.25) is 0 Å². The first-order valence-corrected chi connectivity index (χ1v) is 11.5. The Labute approximate surface area is 192 Å². The van der Waals surface area contributed by atoms with Gasteiger partial charge < -0.3 is 9.47 Å². The summed E-state index contributed by atoms with van der Waals surface area (Å²) in [6.45, 7) is 0.400. The Morgan fingerprint density at radius 2 is 1.86 bits per heavy atom. The van der Waals surface area contributed by atoms with Crippen LogP contribution in [-0.2, 0) is 11.4 Å². The number of carbonyl (C=O) groups is 2. The third-order valence-corrected chi connectivity index (χ3v) is 9.45. The largest absolute Gasteiger partial charge is 0.493 e. The monoisotopic (exact) mass is 591 g/mol. The predicted octanol–water partition coefficient (Wildman–Crippen LogP) is 5.89. The van der Waals surface area contributed by atoms with Crippen LogP contribution >= 0.6 is 59.6 Å². The predicted molar refractivity (Wildman–Crippen MR) is 121 cm³/mol. The van der Waals surface area contributed by atoms with Gasteiger partial charge in [0.25, 0.3) is 11.1 Å². The van der Waals surface area contributed by atoms with E-state index in [9.17, 15) is 9.59 Å². The lowest BCUT2D eigenvalue weighted by molar-refractivity contribution is -0.126. The van der Waals surface area contributed by atoms with Crippen molar-refractivity contribution in [2.45, 2.75) is 15.1 Å². The Kier molecular flexibility index (Phi) is 6.79. The fraction of sp³-hybridized carbons (Fsp3) is 0.263. The minimum Gasteiger partial charge on any atom is -0.493 e. The summed E-state index contributed by atoms with van der Waals surface area (Å²) in [6.07, 6.45) is 0.